The molecule has 0 unspecified atom stereocenters. The normalized spacial score (nSPS) is 22.9. The van der Waals surface area contributed by atoms with Crippen LogP contribution in [0.4, 0.5) is 4.39 Å². The number of thiazole rings is 1. The number of benzene rings is 1. The van der Waals surface area contributed by atoms with Gasteiger partial charge in [0.2, 0.25) is 0 Å². The smallest absolute Gasteiger partial charge is 0.280 e. The van der Waals surface area contributed by atoms with Gasteiger partial charge >= 0.3 is 0 Å². The van der Waals surface area contributed by atoms with Crippen LogP contribution >= 0.6 is 11.3 Å². The minimum atomic E-state index is -0.311. The lowest BCUT2D eigenvalue weighted by Crippen LogP contribution is -2.40. The molecule has 0 bridgehead atoms. The van der Waals surface area contributed by atoms with E-state index in [9.17, 15) is 9.18 Å². The summed E-state index contributed by atoms with van der Waals surface area (Å²) in [6.45, 7) is 0. The average molecular weight is 293 g/mol. The molecule has 1 aliphatic carbocycles. The Morgan fingerprint density at radius 1 is 1.35 bits per heavy atom. The van der Waals surface area contributed by atoms with Crippen molar-refractivity contribution < 1.29 is 9.18 Å². The molecule has 0 atom stereocenters. The van der Waals surface area contributed by atoms with Gasteiger partial charge in [0.15, 0.2) is 5.01 Å². The molecule has 20 heavy (non-hydrogen) atoms. The van der Waals surface area contributed by atoms with E-state index in [1.807, 2.05) is 0 Å². The van der Waals surface area contributed by atoms with Crippen LogP contribution in [-0.4, -0.2) is 23.0 Å². The Hall–Kier alpha value is -1.53. The first-order valence-corrected chi connectivity index (χ1v) is 7.56. The van der Waals surface area contributed by atoms with Crippen LogP contribution in [0.3, 0.4) is 0 Å². The Morgan fingerprint density at radius 3 is 2.85 bits per heavy atom. The van der Waals surface area contributed by atoms with Crippen LogP contribution in [-0.2, 0) is 0 Å². The Labute approximate surface area is 120 Å². The first-order valence-electron chi connectivity index (χ1n) is 6.74. The summed E-state index contributed by atoms with van der Waals surface area (Å²) in [4.78, 5) is 16.4. The molecule has 1 heterocycles. The Bertz CT molecular complexity index is 634. The number of aromatic nitrogens is 1. The van der Waals surface area contributed by atoms with Crippen molar-refractivity contribution in [2.24, 2.45) is 5.73 Å². The number of carbonyl (C=O) groups excluding carboxylic acids is 1. The molecule has 4 nitrogen and oxygen atoms in total. The highest BCUT2D eigenvalue weighted by molar-refractivity contribution is 7.20. The van der Waals surface area contributed by atoms with Crippen molar-refractivity contribution in [3.8, 4) is 0 Å². The van der Waals surface area contributed by atoms with Crippen LogP contribution in [0.2, 0.25) is 0 Å². The fourth-order valence-electron chi connectivity index (χ4n) is 2.51. The molecule has 1 saturated carbocycles. The van der Waals surface area contributed by atoms with E-state index in [1.165, 1.54) is 23.5 Å². The largest absolute Gasteiger partial charge is 0.347 e. The molecule has 3 N–H and O–H groups in total. The third-order valence-corrected chi connectivity index (χ3v) is 4.67. The highest BCUT2D eigenvalue weighted by Crippen LogP contribution is 2.23. The summed E-state index contributed by atoms with van der Waals surface area (Å²) in [6.07, 6.45) is 3.70. The average Bonchev–Trinajstić information content (AvgIpc) is 2.84. The molecule has 1 aliphatic rings. The Kier molecular flexibility index (Phi) is 3.67. The first kappa shape index (κ1) is 13.5. The highest BCUT2D eigenvalue weighted by atomic mass is 32.1. The molecule has 0 aliphatic heterocycles. The van der Waals surface area contributed by atoms with Crippen LogP contribution in [0.1, 0.15) is 35.5 Å². The van der Waals surface area contributed by atoms with E-state index in [4.69, 9.17) is 5.73 Å². The van der Waals surface area contributed by atoms with Crippen LogP contribution in [0.5, 0.6) is 0 Å². The molecule has 6 heteroatoms. The third-order valence-electron chi connectivity index (χ3n) is 3.65. The monoisotopic (exact) mass is 293 g/mol. The van der Waals surface area contributed by atoms with Crippen LogP contribution in [0.15, 0.2) is 18.2 Å². The van der Waals surface area contributed by atoms with Gasteiger partial charge in [0.25, 0.3) is 5.91 Å². The zero-order chi connectivity index (χ0) is 14.1. The second kappa shape index (κ2) is 5.46. The molecular formula is C14H16FN3OS. The van der Waals surface area contributed by atoms with Gasteiger partial charge in [0.1, 0.15) is 5.82 Å². The SMILES string of the molecule is N[C@H]1CC[C@H](NC(=O)c2nc3ccc(F)cc3s2)CC1. The van der Waals surface area contributed by atoms with Gasteiger partial charge in [-0.1, -0.05) is 0 Å². The maximum absolute atomic E-state index is 13.1. The molecule has 2 aromatic rings. The number of fused-ring (bicyclic) bond motifs is 1. The van der Waals surface area contributed by atoms with Crippen LogP contribution in [0, 0.1) is 5.82 Å². The molecular weight excluding hydrogens is 277 g/mol. The maximum Gasteiger partial charge on any atom is 0.280 e. The van der Waals surface area contributed by atoms with E-state index in [2.05, 4.69) is 10.3 Å². The van der Waals surface area contributed by atoms with Crippen molar-refractivity contribution in [2.45, 2.75) is 37.8 Å². The summed E-state index contributed by atoms with van der Waals surface area (Å²) < 4.78 is 13.8. The summed E-state index contributed by atoms with van der Waals surface area (Å²) in [5, 5.41) is 3.38. The van der Waals surface area contributed by atoms with Gasteiger partial charge in [-0.2, -0.15) is 0 Å². The lowest BCUT2D eigenvalue weighted by atomic mass is 9.92. The van der Waals surface area contributed by atoms with E-state index < -0.39 is 0 Å². The zero-order valence-electron chi connectivity index (χ0n) is 10.9. The number of hydrogen-bond donors (Lipinski definition) is 2. The number of rotatable bonds is 2. The lowest BCUT2D eigenvalue weighted by molar-refractivity contribution is 0.0925. The third kappa shape index (κ3) is 2.81. The van der Waals surface area contributed by atoms with Gasteiger partial charge in [-0.25, -0.2) is 9.37 Å². The van der Waals surface area contributed by atoms with Crippen molar-refractivity contribution in [2.75, 3.05) is 0 Å². The molecule has 0 saturated heterocycles. The van der Waals surface area contributed by atoms with Gasteiger partial charge in [-0.05, 0) is 43.9 Å². The molecule has 1 aromatic carbocycles. The van der Waals surface area contributed by atoms with E-state index in [0.29, 0.717) is 15.2 Å². The van der Waals surface area contributed by atoms with Gasteiger partial charge in [-0.3, -0.25) is 4.79 Å². The van der Waals surface area contributed by atoms with Crippen molar-refractivity contribution in [1.29, 1.82) is 0 Å². The van der Waals surface area contributed by atoms with E-state index in [0.717, 1.165) is 25.7 Å². The molecule has 1 fully saturated rings. The van der Waals surface area contributed by atoms with Crippen molar-refractivity contribution in [1.82, 2.24) is 10.3 Å². The second-order valence-electron chi connectivity index (χ2n) is 5.22. The van der Waals surface area contributed by atoms with Crippen LogP contribution < -0.4 is 11.1 Å². The van der Waals surface area contributed by atoms with E-state index in [1.54, 1.807) is 6.07 Å². The minimum Gasteiger partial charge on any atom is -0.347 e. The van der Waals surface area contributed by atoms with Gasteiger partial charge < -0.3 is 11.1 Å². The van der Waals surface area contributed by atoms with Crippen molar-refractivity contribution in [3.63, 3.8) is 0 Å². The summed E-state index contributed by atoms with van der Waals surface area (Å²) in [7, 11) is 0. The fourth-order valence-corrected chi connectivity index (χ4v) is 3.40. The molecule has 1 amide bonds. The second-order valence-corrected chi connectivity index (χ2v) is 6.25. The summed E-state index contributed by atoms with van der Waals surface area (Å²) >= 11 is 1.22. The zero-order valence-corrected chi connectivity index (χ0v) is 11.8. The van der Waals surface area contributed by atoms with Crippen molar-refractivity contribution in [3.05, 3.63) is 29.0 Å². The van der Waals surface area contributed by atoms with E-state index in [-0.39, 0.29) is 23.8 Å². The number of halogens is 1. The quantitative estimate of drug-likeness (QED) is 0.893. The van der Waals surface area contributed by atoms with Crippen LogP contribution in [0.25, 0.3) is 10.2 Å². The highest BCUT2D eigenvalue weighted by Gasteiger charge is 2.22. The summed E-state index contributed by atoms with van der Waals surface area (Å²) in [5.41, 5.74) is 6.50. The van der Waals surface area contributed by atoms with Crippen molar-refractivity contribution >= 4 is 27.5 Å². The molecule has 0 spiro atoms. The molecule has 3 rings (SSSR count). The standard InChI is InChI=1S/C14H16FN3OS/c15-8-1-6-11-12(7-8)20-14(18-11)13(19)17-10-4-2-9(16)3-5-10/h1,6-7,9-10H,2-5,16H2,(H,17,19)/t9-,10-. The van der Waals surface area contributed by atoms with Gasteiger partial charge in [-0.15, -0.1) is 11.3 Å². The number of nitrogens with two attached hydrogens (primary N) is 1. The molecule has 0 radical (unpaired) electrons. The number of nitrogens with one attached hydrogen (secondary N) is 1. The molecule has 1 aromatic heterocycles. The molecule has 106 valence electrons. The predicted octanol–water partition coefficient (Wildman–Crippen LogP) is 2.44. The van der Waals surface area contributed by atoms with Gasteiger partial charge in [0, 0.05) is 12.1 Å². The minimum absolute atomic E-state index is 0.172. The lowest BCUT2D eigenvalue weighted by Gasteiger charge is -2.26. The summed E-state index contributed by atoms with van der Waals surface area (Å²) in [6, 6.07) is 4.78. The van der Waals surface area contributed by atoms with Gasteiger partial charge in [0.05, 0.1) is 10.2 Å². The number of nitrogens with zero attached hydrogens (tertiary/aromatic N) is 1. The topological polar surface area (TPSA) is 68.0 Å². The number of hydrogen-bond acceptors (Lipinski definition) is 4. The maximum atomic E-state index is 13.1. The predicted molar refractivity (Wildman–Crippen MR) is 77.3 cm³/mol. The fraction of sp³-hybridized carbons (Fsp3) is 0.429. The summed E-state index contributed by atoms with van der Waals surface area (Å²) in [5.74, 6) is -0.485. The number of amides is 1. The Morgan fingerprint density at radius 2 is 2.10 bits per heavy atom. The number of carbonyl (C=O) groups is 1. The van der Waals surface area contributed by atoms with E-state index >= 15 is 0 Å². The first-order chi connectivity index (χ1) is 9.61. The Balaban J connectivity index is 1.72.